The first-order chi connectivity index (χ1) is 16.5. The molecule has 0 unspecified atom stereocenters. The molecule has 2 saturated carbocycles. The van der Waals surface area contributed by atoms with Crippen LogP contribution < -0.4 is 9.47 Å². The number of nitrogens with zero attached hydrogens (tertiary/aromatic N) is 3. The number of carbonyl (C=O) groups is 2. The van der Waals surface area contributed by atoms with E-state index in [2.05, 4.69) is 9.72 Å². The molecule has 5 rings (SSSR count). The molecule has 0 spiro atoms. The maximum atomic E-state index is 12.9. The molecule has 3 aliphatic rings. The summed E-state index contributed by atoms with van der Waals surface area (Å²) < 4.78 is 41.3. The van der Waals surface area contributed by atoms with Gasteiger partial charge in [-0.05, 0) is 55.7 Å². The van der Waals surface area contributed by atoms with Gasteiger partial charge in [-0.1, -0.05) is 0 Å². The zero-order valence-electron chi connectivity index (χ0n) is 18.8. The van der Waals surface area contributed by atoms with Crippen molar-refractivity contribution >= 4 is 11.8 Å². The van der Waals surface area contributed by atoms with Crippen molar-refractivity contribution in [3.8, 4) is 23.0 Å². The minimum Gasteiger partial charge on any atom is -0.489 e. The highest BCUT2D eigenvalue weighted by molar-refractivity contribution is 5.92. The number of ether oxygens (including phenoxy) is 2. The lowest BCUT2D eigenvalue weighted by molar-refractivity contribution is -0.133. The highest BCUT2D eigenvalue weighted by atomic mass is 19.3. The zero-order chi connectivity index (χ0) is 23.7. The maximum absolute atomic E-state index is 12.9. The van der Waals surface area contributed by atoms with Crippen molar-refractivity contribution in [1.82, 2.24) is 14.8 Å². The Morgan fingerprint density at radius 2 is 1.74 bits per heavy atom. The third-order valence-corrected chi connectivity index (χ3v) is 6.38. The molecule has 0 N–H and O–H groups in total. The van der Waals surface area contributed by atoms with E-state index in [0.29, 0.717) is 56.6 Å². The molecule has 0 radical (unpaired) electrons. The van der Waals surface area contributed by atoms with E-state index in [1.807, 2.05) is 4.90 Å². The number of halogens is 2. The molecule has 1 aliphatic heterocycles. The van der Waals surface area contributed by atoms with Gasteiger partial charge >= 0.3 is 6.61 Å². The number of hydrogen-bond acceptors (Lipinski definition) is 6. The zero-order valence-corrected chi connectivity index (χ0v) is 18.8. The summed E-state index contributed by atoms with van der Waals surface area (Å²) in [6, 6.07) is 4.45. The topological polar surface area (TPSA) is 85.1 Å². The van der Waals surface area contributed by atoms with Crippen LogP contribution in [0, 0.1) is 11.8 Å². The molecule has 0 atom stereocenters. The predicted molar refractivity (Wildman–Crippen MR) is 117 cm³/mol. The van der Waals surface area contributed by atoms with Gasteiger partial charge < -0.3 is 23.7 Å². The number of rotatable bonds is 9. The second-order valence-electron chi connectivity index (χ2n) is 9.15. The van der Waals surface area contributed by atoms with Crippen molar-refractivity contribution in [2.45, 2.75) is 38.7 Å². The average molecular weight is 475 g/mol. The molecule has 0 bridgehead atoms. The third-order valence-electron chi connectivity index (χ3n) is 6.38. The SMILES string of the molecule is O=C(CC1CC1)N1CCN(C(=O)c2coc(-c3ccc(OC(F)F)c(OCC4CC4)c3)n2)CC1. The number of carbonyl (C=O) groups excluding carboxylic acids is 2. The monoisotopic (exact) mass is 475 g/mol. The van der Waals surface area contributed by atoms with Gasteiger partial charge in [0.15, 0.2) is 17.2 Å². The highest BCUT2D eigenvalue weighted by Gasteiger charge is 2.30. The summed E-state index contributed by atoms with van der Waals surface area (Å²) in [5, 5.41) is 0. The average Bonchev–Trinajstić information content (AvgIpc) is 3.77. The van der Waals surface area contributed by atoms with E-state index in [1.54, 1.807) is 4.90 Å². The van der Waals surface area contributed by atoms with Gasteiger partial charge in [0.25, 0.3) is 5.91 Å². The van der Waals surface area contributed by atoms with Crippen LogP contribution in [0.2, 0.25) is 0 Å². The predicted octanol–water partition coefficient (Wildman–Crippen LogP) is 3.82. The largest absolute Gasteiger partial charge is 0.489 e. The minimum atomic E-state index is -2.97. The molecule has 2 aliphatic carbocycles. The Balaban J connectivity index is 1.23. The van der Waals surface area contributed by atoms with E-state index < -0.39 is 6.61 Å². The molecule has 10 heteroatoms. The van der Waals surface area contributed by atoms with Gasteiger partial charge in [0, 0.05) is 38.2 Å². The first-order valence-corrected chi connectivity index (χ1v) is 11.7. The fourth-order valence-electron chi connectivity index (χ4n) is 3.96. The summed E-state index contributed by atoms with van der Waals surface area (Å²) in [5.74, 6) is 1.17. The Morgan fingerprint density at radius 1 is 1.03 bits per heavy atom. The van der Waals surface area contributed by atoms with Gasteiger partial charge in [-0.3, -0.25) is 9.59 Å². The molecule has 1 aromatic heterocycles. The summed E-state index contributed by atoms with van der Waals surface area (Å²) in [6.07, 6.45) is 6.27. The van der Waals surface area contributed by atoms with Crippen LogP contribution in [0.15, 0.2) is 28.9 Å². The lowest BCUT2D eigenvalue weighted by Gasteiger charge is -2.34. The van der Waals surface area contributed by atoms with E-state index in [0.717, 1.165) is 25.7 Å². The Bertz CT molecular complexity index is 1040. The summed E-state index contributed by atoms with van der Waals surface area (Å²) in [4.78, 5) is 33.0. The van der Waals surface area contributed by atoms with Crippen LogP contribution in [-0.2, 0) is 4.79 Å². The van der Waals surface area contributed by atoms with Crippen LogP contribution in [0.3, 0.4) is 0 Å². The molecule has 3 fully saturated rings. The minimum absolute atomic E-state index is 0.0589. The Labute approximate surface area is 195 Å². The number of oxazole rings is 1. The van der Waals surface area contributed by atoms with Crippen LogP contribution in [0.5, 0.6) is 11.5 Å². The summed E-state index contributed by atoms with van der Waals surface area (Å²) >= 11 is 0. The van der Waals surface area contributed by atoms with Gasteiger partial charge in [0.05, 0.1) is 6.61 Å². The Kier molecular flexibility index (Phi) is 6.38. The molecule has 2 amide bonds. The first-order valence-electron chi connectivity index (χ1n) is 11.7. The van der Waals surface area contributed by atoms with Gasteiger partial charge in [0.1, 0.15) is 6.26 Å². The van der Waals surface area contributed by atoms with Crippen LogP contribution in [-0.4, -0.2) is 66.0 Å². The summed E-state index contributed by atoms with van der Waals surface area (Å²) in [7, 11) is 0. The second kappa shape index (κ2) is 9.60. The molecule has 1 saturated heterocycles. The molecular formula is C24H27F2N3O5. The number of hydrogen-bond donors (Lipinski definition) is 0. The molecule has 8 nitrogen and oxygen atoms in total. The summed E-state index contributed by atoms with van der Waals surface area (Å²) in [5.41, 5.74) is 0.642. The standard InChI is InChI=1S/C24H27F2N3O5/c25-24(26)34-19-6-5-17(12-20(19)32-13-16-3-4-16)22-27-18(14-33-22)23(31)29-9-7-28(8-10-29)21(30)11-15-1-2-15/h5-6,12,14-16,24H,1-4,7-11,13H2. The van der Waals surface area contributed by atoms with Crippen molar-refractivity contribution in [3.05, 3.63) is 30.2 Å². The van der Waals surface area contributed by atoms with Crippen LogP contribution in [0.4, 0.5) is 8.78 Å². The van der Waals surface area contributed by atoms with Gasteiger partial charge in [0.2, 0.25) is 11.8 Å². The van der Waals surface area contributed by atoms with Crippen LogP contribution in [0.1, 0.15) is 42.6 Å². The van der Waals surface area contributed by atoms with E-state index in [9.17, 15) is 18.4 Å². The number of aromatic nitrogens is 1. The molecule has 2 aromatic rings. The number of amides is 2. The quantitative estimate of drug-likeness (QED) is 0.548. The highest BCUT2D eigenvalue weighted by Crippen LogP contribution is 2.36. The summed E-state index contributed by atoms with van der Waals surface area (Å²) in [6.45, 7) is -0.644. The van der Waals surface area contributed by atoms with Crippen molar-refractivity contribution < 1.29 is 32.3 Å². The molecule has 34 heavy (non-hydrogen) atoms. The fourth-order valence-corrected chi connectivity index (χ4v) is 3.96. The number of alkyl halides is 2. The van der Waals surface area contributed by atoms with E-state index in [4.69, 9.17) is 9.15 Å². The normalized spacial score (nSPS) is 18.3. The number of piperazine rings is 1. The molecule has 182 valence electrons. The van der Waals surface area contributed by atoms with Crippen molar-refractivity contribution in [3.63, 3.8) is 0 Å². The number of benzene rings is 1. The van der Waals surface area contributed by atoms with Gasteiger partial charge in [-0.25, -0.2) is 4.98 Å². The van der Waals surface area contributed by atoms with Crippen molar-refractivity contribution in [2.75, 3.05) is 32.8 Å². The smallest absolute Gasteiger partial charge is 0.387 e. The van der Waals surface area contributed by atoms with E-state index in [-0.39, 0.29) is 34.9 Å². The van der Waals surface area contributed by atoms with E-state index >= 15 is 0 Å². The molecular weight excluding hydrogens is 448 g/mol. The van der Waals surface area contributed by atoms with E-state index in [1.165, 1.54) is 24.5 Å². The molecule has 2 heterocycles. The molecule has 1 aromatic carbocycles. The lowest BCUT2D eigenvalue weighted by Crippen LogP contribution is -2.50. The van der Waals surface area contributed by atoms with Crippen LogP contribution in [0.25, 0.3) is 11.5 Å². The fraction of sp³-hybridized carbons (Fsp3) is 0.542. The Morgan fingerprint density at radius 3 is 2.41 bits per heavy atom. The first kappa shape index (κ1) is 22.6. The second-order valence-corrected chi connectivity index (χ2v) is 9.15. The maximum Gasteiger partial charge on any atom is 0.387 e. The van der Waals surface area contributed by atoms with Gasteiger partial charge in [-0.15, -0.1) is 0 Å². The van der Waals surface area contributed by atoms with Crippen molar-refractivity contribution in [2.24, 2.45) is 11.8 Å². The Hall–Kier alpha value is -3.17. The third kappa shape index (κ3) is 5.48. The lowest BCUT2D eigenvalue weighted by atomic mass is 10.2. The van der Waals surface area contributed by atoms with Gasteiger partial charge in [-0.2, -0.15) is 8.78 Å². The van der Waals surface area contributed by atoms with Crippen molar-refractivity contribution in [1.29, 1.82) is 0 Å². The van der Waals surface area contributed by atoms with Crippen LogP contribution >= 0.6 is 0 Å².